The Morgan fingerprint density at radius 2 is 1.23 bits per heavy atom. The number of nitrogens with zero attached hydrogens (tertiary/aromatic N) is 4. The second-order valence-corrected chi connectivity index (χ2v) is 17.4. The summed E-state index contributed by atoms with van der Waals surface area (Å²) in [5, 5.41) is 12.8. The number of fused-ring (bicyclic) bond motifs is 2. The molecule has 64 heavy (non-hydrogen) atoms. The van der Waals surface area contributed by atoms with Crippen LogP contribution in [0.3, 0.4) is 0 Å². The SMILES string of the molecule is COC(=O)N[C@H](C(=O)N1CCC[C@H]1C1=NCC(c2ccc3oc4cc(C5CN=C([C@@H]6CCCN6C(=O)[C@@H](NC(=O)OC)C6CCOCC6)N5)c(F)cc4c(=O)c3c2)N1)C1CCOCC1. The fourth-order valence-corrected chi connectivity index (χ4v) is 10.3. The fraction of sp³-hybridized carbons (Fsp3) is 0.578. The summed E-state index contributed by atoms with van der Waals surface area (Å²) in [6, 6.07) is 5.08. The summed E-state index contributed by atoms with van der Waals surface area (Å²) in [4.78, 5) is 79.8. The Hall–Kier alpha value is -5.82. The van der Waals surface area contributed by atoms with Crippen molar-refractivity contribution in [2.75, 3.05) is 66.8 Å². The number of ether oxygens (including phenoxy) is 4. The molecule has 0 saturated carbocycles. The van der Waals surface area contributed by atoms with E-state index in [2.05, 4.69) is 21.3 Å². The molecular formula is C45H55FN8O10. The Morgan fingerprint density at radius 1 is 0.719 bits per heavy atom. The maximum atomic E-state index is 16.1. The molecule has 6 aliphatic rings. The van der Waals surface area contributed by atoms with Crippen LogP contribution in [0.25, 0.3) is 21.9 Å². The largest absolute Gasteiger partial charge is 0.456 e. The minimum absolute atomic E-state index is 0.0815. The molecule has 18 nitrogen and oxygen atoms in total. The van der Waals surface area contributed by atoms with Crippen LogP contribution in [0.5, 0.6) is 0 Å². The summed E-state index contributed by atoms with van der Waals surface area (Å²) >= 11 is 0. The molecule has 342 valence electrons. The number of benzene rings is 2. The van der Waals surface area contributed by atoms with Crippen LogP contribution in [0.2, 0.25) is 0 Å². The summed E-state index contributed by atoms with van der Waals surface area (Å²) < 4.78 is 43.1. The molecule has 3 aromatic rings. The van der Waals surface area contributed by atoms with Gasteiger partial charge in [-0.1, -0.05) is 6.07 Å². The van der Waals surface area contributed by atoms with E-state index < -0.39 is 36.1 Å². The summed E-state index contributed by atoms with van der Waals surface area (Å²) in [6.07, 6.45) is 4.11. The molecule has 2 unspecified atom stereocenters. The van der Waals surface area contributed by atoms with Crippen molar-refractivity contribution < 1.29 is 46.9 Å². The smallest absolute Gasteiger partial charge is 0.407 e. The van der Waals surface area contributed by atoms with E-state index in [0.29, 0.717) is 107 Å². The molecule has 6 aliphatic heterocycles. The first-order valence-electron chi connectivity index (χ1n) is 22.4. The van der Waals surface area contributed by atoms with Gasteiger partial charge in [0.15, 0.2) is 0 Å². The molecule has 2 aromatic carbocycles. The van der Waals surface area contributed by atoms with E-state index >= 15 is 4.39 Å². The first-order valence-corrected chi connectivity index (χ1v) is 22.4. The molecule has 7 heterocycles. The van der Waals surface area contributed by atoms with Crippen molar-refractivity contribution in [2.45, 2.75) is 87.6 Å². The van der Waals surface area contributed by atoms with E-state index in [4.69, 9.17) is 33.3 Å². The van der Waals surface area contributed by atoms with Crippen LogP contribution in [0.15, 0.2) is 49.5 Å². The highest BCUT2D eigenvalue weighted by Gasteiger charge is 2.43. The van der Waals surface area contributed by atoms with E-state index in [1.165, 1.54) is 20.3 Å². The zero-order valence-electron chi connectivity index (χ0n) is 36.1. The van der Waals surface area contributed by atoms with E-state index in [9.17, 15) is 24.0 Å². The Labute approximate surface area is 368 Å². The maximum absolute atomic E-state index is 16.1. The van der Waals surface area contributed by atoms with Gasteiger partial charge in [-0.05, 0) is 93.0 Å². The van der Waals surface area contributed by atoms with E-state index in [1.807, 2.05) is 6.07 Å². The molecule has 4 fully saturated rings. The molecule has 4 amide bonds. The molecule has 4 saturated heterocycles. The summed E-state index contributed by atoms with van der Waals surface area (Å²) in [6.45, 7) is 3.66. The number of methoxy groups -OCH3 is 2. The number of likely N-dealkylation sites (tertiary alicyclic amines) is 2. The average Bonchev–Trinajstić information content (AvgIpc) is 4.18. The second-order valence-electron chi connectivity index (χ2n) is 17.4. The molecule has 0 spiro atoms. The molecule has 0 bridgehead atoms. The molecule has 4 N–H and O–H groups in total. The molecule has 19 heteroatoms. The maximum Gasteiger partial charge on any atom is 0.407 e. The van der Waals surface area contributed by atoms with Gasteiger partial charge in [-0.25, -0.2) is 14.0 Å². The summed E-state index contributed by atoms with van der Waals surface area (Å²) in [5.74, 6) is 0.0881. The van der Waals surface area contributed by atoms with E-state index in [0.717, 1.165) is 18.4 Å². The van der Waals surface area contributed by atoms with E-state index in [1.54, 1.807) is 28.0 Å². The molecule has 0 radical (unpaired) electrons. The van der Waals surface area contributed by atoms with Gasteiger partial charge >= 0.3 is 12.2 Å². The van der Waals surface area contributed by atoms with Crippen molar-refractivity contribution in [3.05, 3.63) is 57.5 Å². The lowest BCUT2D eigenvalue weighted by Crippen LogP contribution is -2.56. The van der Waals surface area contributed by atoms with Gasteiger partial charge < -0.3 is 54.4 Å². The summed E-state index contributed by atoms with van der Waals surface area (Å²) in [5.41, 5.74) is 1.28. The molecule has 0 aliphatic carbocycles. The standard InChI is InChI=1S/C45H55FN8O10/c1-60-44(58)51-37(24-9-15-62-16-10-24)42(56)53-13-3-5-33(53)40-47-22-31(49-40)26-7-8-35-28(19-26)39(55)29-20-30(46)27(21-36(29)64-35)32-23-48-41(50-32)34-6-4-14-54(34)43(57)38(52-45(59)61-2)25-11-17-63-18-12-25/h7-8,19-21,24-25,31-34,37-38H,3-6,9-18,22-23H2,1-2H3,(H,47,49)(H,48,50)(H,51,58)(H,52,59)/t31?,32?,33-,34-,37-,38-/m0/s1. The van der Waals surface area contributed by atoms with Crippen molar-refractivity contribution in [3.63, 3.8) is 0 Å². The quantitative estimate of drug-likeness (QED) is 0.216. The topological polar surface area (TPSA) is 215 Å². The zero-order chi connectivity index (χ0) is 44.5. The normalized spacial score (nSPS) is 25.0. The zero-order valence-corrected chi connectivity index (χ0v) is 36.1. The van der Waals surface area contributed by atoms with Crippen molar-refractivity contribution in [3.8, 4) is 0 Å². The lowest BCUT2D eigenvalue weighted by atomic mass is 9.90. The van der Waals surface area contributed by atoms with Gasteiger partial charge in [0, 0.05) is 45.1 Å². The van der Waals surface area contributed by atoms with Crippen molar-refractivity contribution >= 4 is 57.6 Å². The first-order chi connectivity index (χ1) is 31.1. The number of carbonyl (C=O) groups excluding carboxylic acids is 4. The lowest BCUT2D eigenvalue weighted by Gasteiger charge is -2.34. The lowest BCUT2D eigenvalue weighted by molar-refractivity contribution is -0.136. The third kappa shape index (κ3) is 8.58. The predicted octanol–water partition coefficient (Wildman–Crippen LogP) is 3.46. The predicted molar refractivity (Wildman–Crippen MR) is 232 cm³/mol. The highest BCUT2D eigenvalue weighted by atomic mass is 19.1. The van der Waals surface area contributed by atoms with Gasteiger partial charge in [0.25, 0.3) is 0 Å². The highest BCUT2D eigenvalue weighted by Crippen LogP contribution is 2.33. The fourth-order valence-electron chi connectivity index (χ4n) is 10.3. The van der Waals surface area contributed by atoms with Crippen LogP contribution in [0.4, 0.5) is 14.0 Å². The van der Waals surface area contributed by atoms with Crippen molar-refractivity contribution in [2.24, 2.45) is 21.8 Å². The van der Waals surface area contributed by atoms with Gasteiger partial charge in [0.1, 0.15) is 40.7 Å². The van der Waals surface area contributed by atoms with Gasteiger partial charge in [0.2, 0.25) is 17.2 Å². The number of aliphatic imine (C=N–C) groups is 2. The number of hydrogen-bond acceptors (Lipinski definition) is 14. The van der Waals surface area contributed by atoms with Gasteiger partial charge in [0.05, 0.1) is 62.2 Å². The Bertz CT molecular complexity index is 2420. The minimum Gasteiger partial charge on any atom is -0.456 e. The van der Waals surface area contributed by atoms with Crippen LogP contribution >= 0.6 is 0 Å². The number of halogens is 1. The minimum atomic E-state index is -0.776. The monoisotopic (exact) mass is 886 g/mol. The number of amidine groups is 2. The number of nitrogens with one attached hydrogen (secondary N) is 4. The molecular weight excluding hydrogens is 832 g/mol. The number of amides is 4. The van der Waals surface area contributed by atoms with Crippen LogP contribution in [-0.4, -0.2) is 136 Å². The Kier molecular flexibility index (Phi) is 12.7. The van der Waals surface area contributed by atoms with Gasteiger partial charge in [-0.2, -0.15) is 0 Å². The number of rotatable bonds is 10. The average molecular weight is 887 g/mol. The van der Waals surface area contributed by atoms with Crippen LogP contribution in [0, 0.1) is 17.7 Å². The van der Waals surface area contributed by atoms with Crippen LogP contribution in [-0.2, 0) is 28.5 Å². The third-order valence-corrected chi connectivity index (χ3v) is 13.7. The van der Waals surface area contributed by atoms with Gasteiger partial charge in [-0.3, -0.25) is 24.4 Å². The second kappa shape index (κ2) is 18.7. The summed E-state index contributed by atoms with van der Waals surface area (Å²) in [7, 11) is 2.55. The third-order valence-electron chi connectivity index (χ3n) is 13.7. The number of alkyl carbamates (subject to hydrolysis) is 2. The number of hydrogen-bond donors (Lipinski definition) is 4. The van der Waals surface area contributed by atoms with Crippen molar-refractivity contribution in [1.82, 2.24) is 31.1 Å². The van der Waals surface area contributed by atoms with Crippen molar-refractivity contribution in [1.29, 1.82) is 0 Å². The molecule has 6 atom stereocenters. The molecule has 1 aromatic heterocycles. The molecule has 9 rings (SSSR count). The Balaban J connectivity index is 0.882. The van der Waals surface area contributed by atoms with Gasteiger partial charge in [-0.15, -0.1) is 0 Å². The Morgan fingerprint density at radius 3 is 1.78 bits per heavy atom. The van der Waals surface area contributed by atoms with Crippen LogP contribution < -0.4 is 26.7 Å². The number of carbonyl (C=O) groups is 4. The van der Waals surface area contributed by atoms with E-state index in [-0.39, 0.29) is 70.3 Å². The first kappa shape index (κ1) is 43.4. The highest BCUT2D eigenvalue weighted by molar-refractivity contribution is 5.97. The van der Waals surface area contributed by atoms with Crippen LogP contribution in [0.1, 0.15) is 74.6 Å².